The molecule has 1 unspecified atom stereocenters. The van der Waals surface area contributed by atoms with Crippen LogP contribution in [0.2, 0.25) is 0 Å². The molecule has 0 radical (unpaired) electrons. The highest BCUT2D eigenvalue weighted by Gasteiger charge is 2.45. The highest BCUT2D eigenvalue weighted by atomic mass is 16.5. The summed E-state index contributed by atoms with van der Waals surface area (Å²) in [6.45, 7) is 4.27. The predicted octanol–water partition coefficient (Wildman–Crippen LogP) is 0.326. The third-order valence-electron chi connectivity index (χ3n) is 3.65. The first-order valence-corrected chi connectivity index (χ1v) is 6.76. The molecule has 1 heterocycles. The van der Waals surface area contributed by atoms with Gasteiger partial charge in [-0.2, -0.15) is 0 Å². The van der Waals surface area contributed by atoms with E-state index in [9.17, 15) is 14.7 Å². The molecule has 2 N–H and O–H groups in total. The summed E-state index contributed by atoms with van der Waals surface area (Å²) in [6.07, 6.45) is 2.00. The molecule has 0 spiro atoms. The average molecular weight is 272 g/mol. The summed E-state index contributed by atoms with van der Waals surface area (Å²) >= 11 is 0. The number of carboxylic acid groups (broad SMARTS) is 1. The average Bonchev–Trinajstić information content (AvgIpc) is 2.81. The quantitative estimate of drug-likeness (QED) is 0.622. The number of aliphatic carboxylic acids is 1. The van der Waals surface area contributed by atoms with Crippen molar-refractivity contribution in [3.8, 4) is 0 Å². The summed E-state index contributed by atoms with van der Waals surface area (Å²) in [4.78, 5) is 25.0. The number of rotatable bonds is 8. The van der Waals surface area contributed by atoms with Gasteiger partial charge in [-0.05, 0) is 12.8 Å². The van der Waals surface area contributed by atoms with Gasteiger partial charge in [0.2, 0.25) is 5.91 Å². The summed E-state index contributed by atoms with van der Waals surface area (Å²) in [5.41, 5.74) is -0.739. The standard InChI is InChI=1S/C13H24N2O4/c1-3-4-13(12(17)18)5-7-15(10-13)11(16)9-14-6-8-19-2/h14H,3-10H2,1-2H3,(H,17,18). The van der Waals surface area contributed by atoms with Crippen molar-refractivity contribution in [1.29, 1.82) is 0 Å². The van der Waals surface area contributed by atoms with E-state index < -0.39 is 11.4 Å². The molecule has 1 rings (SSSR count). The van der Waals surface area contributed by atoms with Crippen molar-refractivity contribution < 1.29 is 19.4 Å². The molecule has 0 aromatic rings. The predicted molar refractivity (Wildman–Crippen MR) is 70.9 cm³/mol. The highest BCUT2D eigenvalue weighted by Crippen LogP contribution is 2.35. The van der Waals surface area contributed by atoms with Gasteiger partial charge in [-0.15, -0.1) is 0 Å². The Morgan fingerprint density at radius 1 is 1.47 bits per heavy atom. The second-order valence-electron chi connectivity index (χ2n) is 5.07. The van der Waals surface area contributed by atoms with E-state index in [1.807, 2.05) is 6.92 Å². The molecule has 0 saturated carbocycles. The molecule has 110 valence electrons. The van der Waals surface area contributed by atoms with Crippen LogP contribution in [0.15, 0.2) is 0 Å². The number of nitrogens with one attached hydrogen (secondary N) is 1. The van der Waals surface area contributed by atoms with Crippen LogP contribution >= 0.6 is 0 Å². The molecule has 1 fully saturated rings. The zero-order valence-corrected chi connectivity index (χ0v) is 11.8. The Morgan fingerprint density at radius 2 is 2.21 bits per heavy atom. The maximum Gasteiger partial charge on any atom is 0.311 e. The van der Waals surface area contributed by atoms with Crippen molar-refractivity contribution in [2.45, 2.75) is 26.2 Å². The number of hydrogen-bond donors (Lipinski definition) is 2. The summed E-state index contributed by atoms with van der Waals surface area (Å²) < 4.78 is 4.88. The molecule has 1 atom stereocenters. The number of hydrogen-bond acceptors (Lipinski definition) is 4. The van der Waals surface area contributed by atoms with E-state index in [1.54, 1.807) is 12.0 Å². The van der Waals surface area contributed by atoms with Crippen LogP contribution in [-0.4, -0.2) is 61.8 Å². The van der Waals surface area contributed by atoms with Crippen molar-refractivity contribution in [1.82, 2.24) is 10.2 Å². The van der Waals surface area contributed by atoms with Crippen LogP contribution in [0, 0.1) is 5.41 Å². The van der Waals surface area contributed by atoms with Gasteiger partial charge in [0.05, 0.1) is 18.6 Å². The van der Waals surface area contributed by atoms with E-state index in [1.165, 1.54) is 0 Å². The Hall–Kier alpha value is -1.14. The molecular weight excluding hydrogens is 248 g/mol. The van der Waals surface area contributed by atoms with Crippen molar-refractivity contribution in [3.05, 3.63) is 0 Å². The number of amides is 1. The van der Waals surface area contributed by atoms with Gasteiger partial charge in [-0.1, -0.05) is 13.3 Å². The molecule has 1 aliphatic rings. The maximum atomic E-state index is 12.0. The summed E-state index contributed by atoms with van der Waals surface area (Å²) in [5.74, 6) is -0.813. The van der Waals surface area contributed by atoms with Crippen LogP contribution in [0.3, 0.4) is 0 Å². The smallest absolute Gasteiger partial charge is 0.311 e. The van der Waals surface area contributed by atoms with Crippen molar-refractivity contribution >= 4 is 11.9 Å². The highest BCUT2D eigenvalue weighted by molar-refractivity contribution is 5.81. The van der Waals surface area contributed by atoms with Crippen LogP contribution < -0.4 is 5.32 Å². The third kappa shape index (κ3) is 4.18. The van der Waals surface area contributed by atoms with Crippen molar-refractivity contribution in [2.75, 3.05) is 39.9 Å². The monoisotopic (exact) mass is 272 g/mol. The van der Waals surface area contributed by atoms with Gasteiger partial charge in [-0.3, -0.25) is 9.59 Å². The Balaban J connectivity index is 2.45. The molecular formula is C13H24N2O4. The van der Waals surface area contributed by atoms with Crippen LogP contribution in [-0.2, 0) is 14.3 Å². The number of carbonyl (C=O) groups is 2. The summed E-state index contributed by atoms with van der Waals surface area (Å²) in [7, 11) is 1.61. The number of ether oxygens (including phenoxy) is 1. The lowest BCUT2D eigenvalue weighted by molar-refractivity contribution is -0.149. The topological polar surface area (TPSA) is 78.9 Å². The molecule has 1 amide bonds. The van der Waals surface area contributed by atoms with Crippen molar-refractivity contribution in [2.24, 2.45) is 5.41 Å². The summed E-state index contributed by atoms with van der Waals surface area (Å²) in [5, 5.41) is 12.4. The van der Waals surface area contributed by atoms with Gasteiger partial charge in [0.25, 0.3) is 0 Å². The first-order valence-electron chi connectivity index (χ1n) is 6.76. The van der Waals surface area contributed by atoms with E-state index in [0.29, 0.717) is 39.1 Å². The third-order valence-corrected chi connectivity index (χ3v) is 3.65. The Labute approximate surface area is 114 Å². The Bertz CT molecular complexity index is 322. The van der Waals surface area contributed by atoms with Gasteiger partial charge >= 0.3 is 5.97 Å². The van der Waals surface area contributed by atoms with Crippen LogP contribution in [0.1, 0.15) is 26.2 Å². The first kappa shape index (κ1) is 15.9. The zero-order chi connectivity index (χ0) is 14.3. The lowest BCUT2D eigenvalue weighted by atomic mass is 9.83. The number of methoxy groups -OCH3 is 1. The van der Waals surface area contributed by atoms with Gasteiger partial charge < -0.3 is 20.1 Å². The second-order valence-corrected chi connectivity index (χ2v) is 5.07. The molecule has 0 aromatic carbocycles. The van der Waals surface area contributed by atoms with Crippen LogP contribution in [0.25, 0.3) is 0 Å². The maximum absolute atomic E-state index is 12.0. The number of carboxylic acids is 1. The fraction of sp³-hybridized carbons (Fsp3) is 0.846. The minimum absolute atomic E-state index is 0.0321. The molecule has 6 heteroatoms. The van der Waals surface area contributed by atoms with E-state index in [4.69, 9.17) is 4.74 Å². The normalized spacial score (nSPS) is 22.7. The SMILES string of the molecule is CCCC1(C(=O)O)CCN(C(=O)CNCCOC)C1. The minimum atomic E-state index is -0.781. The molecule has 19 heavy (non-hydrogen) atoms. The summed E-state index contributed by atoms with van der Waals surface area (Å²) in [6, 6.07) is 0. The van der Waals surface area contributed by atoms with Gasteiger partial charge in [0.15, 0.2) is 0 Å². The number of likely N-dealkylation sites (tertiary alicyclic amines) is 1. The van der Waals surface area contributed by atoms with Crippen LogP contribution in [0.4, 0.5) is 0 Å². The van der Waals surface area contributed by atoms with E-state index in [0.717, 1.165) is 6.42 Å². The van der Waals surface area contributed by atoms with Gasteiger partial charge in [-0.25, -0.2) is 0 Å². The largest absolute Gasteiger partial charge is 0.481 e. The minimum Gasteiger partial charge on any atom is -0.481 e. The lowest BCUT2D eigenvalue weighted by Gasteiger charge is -2.24. The molecule has 1 aliphatic heterocycles. The van der Waals surface area contributed by atoms with Crippen LogP contribution in [0.5, 0.6) is 0 Å². The van der Waals surface area contributed by atoms with E-state index in [2.05, 4.69) is 5.32 Å². The fourth-order valence-corrected chi connectivity index (χ4v) is 2.53. The molecule has 1 saturated heterocycles. The van der Waals surface area contributed by atoms with Crippen molar-refractivity contribution in [3.63, 3.8) is 0 Å². The molecule has 0 bridgehead atoms. The number of nitrogens with zero attached hydrogens (tertiary/aromatic N) is 1. The first-order chi connectivity index (χ1) is 9.05. The van der Waals surface area contributed by atoms with E-state index in [-0.39, 0.29) is 12.5 Å². The second kappa shape index (κ2) is 7.45. The zero-order valence-electron chi connectivity index (χ0n) is 11.8. The Morgan fingerprint density at radius 3 is 2.79 bits per heavy atom. The van der Waals surface area contributed by atoms with Gasteiger partial charge in [0.1, 0.15) is 0 Å². The van der Waals surface area contributed by atoms with Gasteiger partial charge in [0, 0.05) is 26.7 Å². The fourth-order valence-electron chi connectivity index (χ4n) is 2.53. The molecule has 0 aromatic heterocycles. The Kier molecular flexibility index (Phi) is 6.24. The van der Waals surface area contributed by atoms with E-state index >= 15 is 0 Å². The molecule has 6 nitrogen and oxygen atoms in total. The number of carbonyl (C=O) groups excluding carboxylic acids is 1. The lowest BCUT2D eigenvalue weighted by Crippen LogP contribution is -2.41. The molecule has 0 aliphatic carbocycles.